The molecule has 0 amide bonds. The predicted molar refractivity (Wildman–Crippen MR) is 160 cm³/mol. The molecule has 0 fully saturated rings. The quantitative estimate of drug-likeness (QED) is 0.108. The number of hydrogen-bond acceptors (Lipinski definition) is 9. The number of carbonyl (C=O) groups is 2. The van der Waals surface area contributed by atoms with E-state index in [1.165, 1.54) is 19.2 Å². The van der Waals surface area contributed by atoms with E-state index in [-0.39, 0.29) is 29.0 Å². The minimum atomic E-state index is -1.02. The number of unbranched alkanes of at least 4 members (excludes halogenated alkanes) is 3. The van der Waals surface area contributed by atoms with E-state index < -0.39 is 22.8 Å². The zero-order valence-corrected chi connectivity index (χ0v) is 24.8. The summed E-state index contributed by atoms with van der Waals surface area (Å²) >= 11 is 0. The molecule has 2 aromatic carbocycles. The molecular formula is C32H36N4O7. The minimum Gasteiger partial charge on any atom is -0.477 e. The van der Waals surface area contributed by atoms with Gasteiger partial charge >= 0.3 is 11.9 Å². The molecule has 1 aromatic heterocycles. The largest absolute Gasteiger partial charge is 0.477 e. The lowest BCUT2D eigenvalue weighted by molar-refractivity contribution is -0.385. The molecule has 4 rings (SSSR count). The fraction of sp³-hybridized carbons (Fsp3) is 0.344. The summed E-state index contributed by atoms with van der Waals surface area (Å²) in [6.07, 6.45) is 3.10. The monoisotopic (exact) mass is 588 g/mol. The predicted octanol–water partition coefficient (Wildman–Crippen LogP) is 5.88. The number of methoxy groups -OCH3 is 1. The second kappa shape index (κ2) is 14.3. The highest BCUT2D eigenvalue weighted by Crippen LogP contribution is 2.42. The highest BCUT2D eigenvalue weighted by molar-refractivity contribution is 6.00. The number of H-pyrrole nitrogens is 1. The van der Waals surface area contributed by atoms with Crippen molar-refractivity contribution in [2.24, 2.45) is 0 Å². The molecule has 2 N–H and O–H groups in total. The molecule has 1 atom stereocenters. The van der Waals surface area contributed by atoms with E-state index in [1.807, 2.05) is 37.3 Å². The second-order valence-corrected chi connectivity index (χ2v) is 10.3. The van der Waals surface area contributed by atoms with Gasteiger partial charge in [-0.2, -0.15) is 0 Å². The number of nitro groups is 1. The summed E-state index contributed by atoms with van der Waals surface area (Å²) in [7, 11) is 1.23. The molecule has 3 aromatic rings. The number of carbonyl (C=O) groups excluding carboxylic acids is 2. The van der Waals surface area contributed by atoms with Crippen molar-refractivity contribution in [2.45, 2.75) is 52.4 Å². The second-order valence-electron chi connectivity index (χ2n) is 10.3. The van der Waals surface area contributed by atoms with E-state index in [1.54, 1.807) is 26.0 Å². The van der Waals surface area contributed by atoms with Crippen LogP contribution in [0.4, 0.5) is 5.69 Å². The van der Waals surface area contributed by atoms with Gasteiger partial charge in [0.1, 0.15) is 0 Å². The van der Waals surface area contributed by atoms with Gasteiger partial charge in [0.05, 0.1) is 48.0 Å². The van der Waals surface area contributed by atoms with Gasteiger partial charge in [-0.3, -0.25) is 15.2 Å². The van der Waals surface area contributed by atoms with Gasteiger partial charge in [0, 0.05) is 34.7 Å². The molecule has 1 unspecified atom stereocenters. The maximum absolute atomic E-state index is 13.4. The van der Waals surface area contributed by atoms with Gasteiger partial charge < -0.3 is 19.5 Å². The number of rotatable bonds is 13. The number of para-hydroxylation sites is 1. The van der Waals surface area contributed by atoms with Gasteiger partial charge in [-0.15, -0.1) is 5.10 Å². The Morgan fingerprint density at radius 1 is 0.907 bits per heavy atom. The zero-order chi connectivity index (χ0) is 30.9. The van der Waals surface area contributed by atoms with Crippen LogP contribution in [0.25, 0.3) is 11.3 Å². The standard InChI is InChI=1S/C32H36N4O7/c1-20-13-7-8-14-23(20)25-19-27(35-34-25)42-17-11-5-6-12-18-43-32(38)29-22(3)33-21(2)28(31(37)41-4)30(29)24-15-9-10-16-26(24)36(39)40/h7-10,13-16,19,30,33H,5-6,11-12,17-18H2,1-4H3,(H,34,35). The summed E-state index contributed by atoms with van der Waals surface area (Å²) in [4.78, 5) is 37.5. The van der Waals surface area contributed by atoms with Crippen molar-refractivity contribution < 1.29 is 28.7 Å². The van der Waals surface area contributed by atoms with Gasteiger partial charge in [0.15, 0.2) is 0 Å². The summed E-state index contributed by atoms with van der Waals surface area (Å²) < 4.78 is 16.4. The van der Waals surface area contributed by atoms with Gasteiger partial charge in [-0.05, 0) is 52.0 Å². The third-order valence-electron chi connectivity index (χ3n) is 7.34. The normalized spacial score (nSPS) is 14.7. The van der Waals surface area contributed by atoms with Crippen molar-refractivity contribution in [3.63, 3.8) is 0 Å². The summed E-state index contributed by atoms with van der Waals surface area (Å²) in [5.74, 6) is -1.81. The number of allylic oxidation sites excluding steroid dienone is 2. The molecule has 0 radical (unpaired) electrons. The molecule has 1 aliphatic rings. The van der Waals surface area contributed by atoms with E-state index in [4.69, 9.17) is 14.2 Å². The number of ether oxygens (including phenoxy) is 3. The maximum atomic E-state index is 13.4. The Morgan fingerprint density at radius 3 is 2.26 bits per heavy atom. The van der Waals surface area contributed by atoms with Crippen LogP contribution in [-0.4, -0.2) is 47.4 Å². The number of nitrogens with zero attached hydrogens (tertiary/aromatic N) is 2. The van der Waals surface area contributed by atoms with E-state index in [0.717, 1.165) is 36.1 Å². The first-order valence-electron chi connectivity index (χ1n) is 14.1. The van der Waals surface area contributed by atoms with E-state index in [9.17, 15) is 19.7 Å². The molecular weight excluding hydrogens is 552 g/mol. The first kappa shape index (κ1) is 31.0. The molecule has 0 spiro atoms. The van der Waals surface area contributed by atoms with Crippen LogP contribution in [0.5, 0.6) is 5.88 Å². The van der Waals surface area contributed by atoms with Crippen molar-refractivity contribution in [3.8, 4) is 17.1 Å². The molecule has 2 heterocycles. The minimum absolute atomic E-state index is 0.122. The average Bonchev–Trinajstić information content (AvgIpc) is 3.46. The van der Waals surface area contributed by atoms with E-state index in [0.29, 0.717) is 30.3 Å². The number of aryl methyl sites for hydroxylation is 1. The Balaban J connectivity index is 1.30. The topological polar surface area (TPSA) is 146 Å². The molecule has 43 heavy (non-hydrogen) atoms. The number of hydrogen-bond donors (Lipinski definition) is 2. The number of dihydropyridines is 1. The van der Waals surface area contributed by atoms with Crippen LogP contribution in [0.1, 0.15) is 56.6 Å². The molecule has 0 bridgehead atoms. The lowest BCUT2D eigenvalue weighted by Crippen LogP contribution is -2.32. The van der Waals surface area contributed by atoms with Crippen molar-refractivity contribution in [1.29, 1.82) is 0 Å². The average molecular weight is 589 g/mol. The third kappa shape index (κ3) is 7.29. The van der Waals surface area contributed by atoms with Crippen LogP contribution < -0.4 is 10.1 Å². The molecule has 0 aliphatic carbocycles. The third-order valence-corrected chi connectivity index (χ3v) is 7.34. The van der Waals surface area contributed by atoms with Crippen LogP contribution >= 0.6 is 0 Å². The Labute approximate surface area is 250 Å². The Hall–Kier alpha value is -4.93. The molecule has 0 saturated carbocycles. The van der Waals surface area contributed by atoms with Gasteiger partial charge in [0.25, 0.3) is 5.69 Å². The van der Waals surface area contributed by atoms with Gasteiger partial charge in [-0.25, -0.2) is 9.59 Å². The first-order chi connectivity index (χ1) is 20.7. The number of aromatic amines is 1. The lowest BCUT2D eigenvalue weighted by Gasteiger charge is -2.30. The highest BCUT2D eigenvalue weighted by atomic mass is 16.6. The van der Waals surface area contributed by atoms with E-state index >= 15 is 0 Å². The SMILES string of the molecule is COC(=O)C1=C(C)NC(C)=C(C(=O)OCCCCCCOc2cc(-c3ccccc3C)[nH]n2)C1c1ccccc1[N+](=O)[O-]. The van der Waals surface area contributed by atoms with Crippen molar-refractivity contribution in [1.82, 2.24) is 15.5 Å². The lowest BCUT2D eigenvalue weighted by atomic mass is 9.79. The molecule has 11 nitrogen and oxygen atoms in total. The molecule has 0 saturated heterocycles. The fourth-order valence-corrected chi connectivity index (χ4v) is 5.22. The Morgan fingerprint density at radius 2 is 1.56 bits per heavy atom. The smallest absolute Gasteiger partial charge is 0.336 e. The zero-order valence-electron chi connectivity index (χ0n) is 24.8. The van der Waals surface area contributed by atoms with Crippen LogP contribution in [0.3, 0.4) is 0 Å². The van der Waals surface area contributed by atoms with Gasteiger partial charge in [0.2, 0.25) is 5.88 Å². The summed E-state index contributed by atoms with van der Waals surface area (Å²) in [5.41, 5.74) is 4.31. The Bertz CT molecular complexity index is 1560. The van der Waals surface area contributed by atoms with E-state index in [2.05, 4.69) is 15.5 Å². The fourth-order valence-electron chi connectivity index (χ4n) is 5.22. The molecule has 1 aliphatic heterocycles. The van der Waals surface area contributed by atoms with Gasteiger partial charge in [-0.1, -0.05) is 42.5 Å². The number of nitrogens with one attached hydrogen (secondary N) is 2. The van der Waals surface area contributed by atoms with Crippen LogP contribution in [-0.2, 0) is 19.1 Å². The summed E-state index contributed by atoms with van der Waals surface area (Å²) in [6, 6.07) is 16.0. The maximum Gasteiger partial charge on any atom is 0.336 e. The molecule has 11 heteroatoms. The summed E-state index contributed by atoms with van der Waals surface area (Å²) in [5, 5.41) is 22.1. The number of nitro benzene ring substituents is 1. The van der Waals surface area contributed by atoms with Crippen molar-refractivity contribution in [3.05, 3.63) is 98.4 Å². The van der Waals surface area contributed by atoms with Crippen LogP contribution in [0, 0.1) is 17.0 Å². The highest BCUT2D eigenvalue weighted by Gasteiger charge is 2.40. The van der Waals surface area contributed by atoms with Crippen molar-refractivity contribution in [2.75, 3.05) is 20.3 Å². The van der Waals surface area contributed by atoms with Crippen LogP contribution in [0.2, 0.25) is 0 Å². The number of esters is 2. The number of aromatic nitrogens is 2. The summed E-state index contributed by atoms with van der Waals surface area (Å²) in [6.45, 7) is 6.06. The molecule has 226 valence electrons. The number of benzene rings is 2. The van der Waals surface area contributed by atoms with Crippen LogP contribution in [0.15, 0.2) is 77.1 Å². The Kier molecular flexibility index (Phi) is 10.3. The first-order valence-corrected chi connectivity index (χ1v) is 14.1. The van der Waals surface area contributed by atoms with Crippen molar-refractivity contribution >= 4 is 17.6 Å².